The molecule has 1 aromatic heterocycles. The van der Waals surface area contributed by atoms with Crippen molar-refractivity contribution in [1.29, 1.82) is 0 Å². The van der Waals surface area contributed by atoms with Gasteiger partial charge in [-0.25, -0.2) is 4.98 Å². The number of pyridine rings is 1. The maximum absolute atomic E-state index is 12.4. The molecule has 0 aliphatic carbocycles. The van der Waals surface area contributed by atoms with Gasteiger partial charge in [-0.05, 0) is 18.2 Å². The SMILES string of the molecule is O=C(c1ccccc1)N1CCN(c2ncccc2[N+](=O)[O-])CC1. The minimum atomic E-state index is -0.427. The third kappa shape index (κ3) is 3.13. The van der Waals surface area contributed by atoms with E-state index in [1.807, 2.05) is 23.1 Å². The van der Waals surface area contributed by atoms with E-state index in [-0.39, 0.29) is 11.6 Å². The molecule has 1 aromatic carbocycles. The highest BCUT2D eigenvalue weighted by molar-refractivity contribution is 5.94. The maximum Gasteiger partial charge on any atom is 0.311 e. The molecular formula is C16H16N4O3. The highest BCUT2D eigenvalue weighted by Crippen LogP contribution is 2.25. The van der Waals surface area contributed by atoms with Crippen molar-refractivity contribution in [2.75, 3.05) is 31.1 Å². The zero-order chi connectivity index (χ0) is 16.2. The molecular weight excluding hydrogens is 296 g/mol. The molecule has 1 fully saturated rings. The van der Waals surface area contributed by atoms with Crippen LogP contribution < -0.4 is 4.90 Å². The zero-order valence-corrected chi connectivity index (χ0v) is 12.5. The molecule has 7 heteroatoms. The summed E-state index contributed by atoms with van der Waals surface area (Å²) in [5.41, 5.74) is 0.653. The van der Waals surface area contributed by atoms with E-state index in [9.17, 15) is 14.9 Å². The van der Waals surface area contributed by atoms with E-state index in [1.54, 1.807) is 29.3 Å². The average molecular weight is 312 g/mol. The number of carbonyl (C=O) groups excluding carboxylic acids is 1. The van der Waals surface area contributed by atoms with Crippen LogP contribution in [0.25, 0.3) is 0 Å². The summed E-state index contributed by atoms with van der Waals surface area (Å²) in [4.78, 5) is 30.8. The topological polar surface area (TPSA) is 79.6 Å². The standard InChI is InChI=1S/C16H16N4O3/c21-16(13-5-2-1-3-6-13)19-11-9-18(10-12-19)15-14(20(22)23)7-4-8-17-15/h1-8H,9-12H2. The Kier molecular flexibility index (Phi) is 4.18. The molecule has 3 rings (SSSR count). The van der Waals surface area contributed by atoms with Gasteiger partial charge >= 0.3 is 5.69 Å². The van der Waals surface area contributed by atoms with E-state index in [1.165, 1.54) is 6.07 Å². The Hall–Kier alpha value is -2.96. The smallest absolute Gasteiger partial charge is 0.311 e. The van der Waals surface area contributed by atoms with E-state index in [0.29, 0.717) is 37.6 Å². The fourth-order valence-electron chi connectivity index (χ4n) is 2.66. The predicted molar refractivity (Wildman–Crippen MR) is 85.4 cm³/mol. The Morgan fingerprint density at radius 1 is 1.04 bits per heavy atom. The van der Waals surface area contributed by atoms with Crippen LogP contribution in [0.1, 0.15) is 10.4 Å². The molecule has 1 amide bonds. The van der Waals surface area contributed by atoms with Gasteiger partial charge in [0.2, 0.25) is 5.82 Å². The van der Waals surface area contributed by atoms with Crippen LogP contribution in [-0.2, 0) is 0 Å². The molecule has 2 aromatic rings. The molecule has 118 valence electrons. The Labute approximate surface area is 133 Å². The van der Waals surface area contributed by atoms with Crippen molar-refractivity contribution < 1.29 is 9.72 Å². The van der Waals surface area contributed by atoms with Crippen LogP contribution in [0.3, 0.4) is 0 Å². The van der Waals surface area contributed by atoms with E-state index in [0.717, 1.165) is 0 Å². The van der Waals surface area contributed by atoms with Gasteiger partial charge in [0.1, 0.15) is 0 Å². The average Bonchev–Trinajstić information content (AvgIpc) is 2.62. The molecule has 0 radical (unpaired) electrons. The Bertz CT molecular complexity index is 712. The number of carbonyl (C=O) groups is 1. The number of amides is 1. The summed E-state index contributed by atoms with van der Waals surface area (Å²) in [6.07, 6.45) is 1.55. The van der Waals surface area contributed by atoms with Crippen molar-refractivity contribution in [2.45, 2.75) is 0 Å². The number of hydrogen-bond donors (Lipinski definition) is 0. The Morgan fingerprint density at radius 3 is 2.39 bits per heavy atom. The number of nitrogens with zero attached hydrogens (tertiary/aromatic N) is 4. The third-order valence-corrected chi connectivity index (χ3v) is 3.85. The minimum Gasteiger partial charge on any atom is -0.347 e. The number of nitro groups is 1. The lowest BCUT2D eigenvalue weighted by molar-refractivity contribution is -0.384. The Morgan fingerprint density at radius 2 is 1.74 bits per heavy atom. The normalized spacial score (nSPS) is 14.6. The van der Waals surface area contributed by atoms with E-state index < -0.39 is 4.92 Å². The van der Waals surface area contributed by atoms with Crippen molar-refractivity contribution in [3.8, 4) is 0 Å². The first-order chi connectivity index (χ1) is 11.2. The highest BCUT2D eigenvalue weighted by Gasteiger charge is 2.26. The van der Waals surface area contributed by atoms with Crippen LogP contribution in [-0.4, -0.2) is 46.9 Å². The van der Waals surface area contributed by atoms with Gasteiger partial charge in [0, 0.05) is 44.0 Å². The molecule has 0 atom stereocenters. The number of aromatic nitrogens is 1. The predicted octanol–water partition coefficient (Wildman–Crippen LogP) is 1.95. The van der Waals surface area contributed by atoms with E-state index in [4.69, 9.17) is 0 Å². The number of rotatable bonds is 3. The van der Waals surface area contributed by atoms with Gasteiger partial charge in [-0.1, -0.05) is 18.2 Å². The maximum atomic E-state index is 12.4. The summed E-state index contributed by atoms with van der Waals surface area (Å²) in [5, 5.41) is 11.1. The number of benzene rings is 1. The van der Waals surface area contributed by atoms with Gasteiger partial charge < -0.3 is 9.80 Å². The molecule has 1 saturated heterocycles. The fraction of sp³-hybridized carbons (Fsp3) is 0.250. The first-order valence-corrected chi connectivity index (χ1v) is 7.35. The first kappa shape index (κ1) is 15.0. The van der Waals surface area contributed by atoms with Crippen LogP contribution in [0.5, 0.6) is 0 Å². The number of piperazine rings is 1. The minimum absolute atomic E-state index is 0.00432. The molecule has 1 aliphatic rings. The molecule has 23 heavy (non-hydrogen) atoms. The molecule has 0 bridgehead atoms. The number of anilines is 1. The lowest BCUT2D eigenvalue weighted by Gasteiger charge is -2.35. The van der Waals surface area contributed by atoms with Crippen molar-refractivity contribution in [2.24, 2.45) is 0 Å². The van der Waals surface area contributed by atoms with Crippen molar-refractivity contribution in [1.82, 2.24) is 9.88 Å². The zero-order valence-electron chi connectivity index (χ0n) is 12.5. The van der Waals surface area contributed by atoms with Gasteiger partial charge in [0.05, 0.1) is 4.92 Å². The van der Waals surface area contributed by atoms with Crippen LogP contribution in [0.4, 0.5) is 11.5 Å². The lowest BCUT2D eigenvalue weighted by Crippen LogP contribution is -2.49. The van der Waals surface area contributed by atoms with Gasteiger partial charge in [-0.15, -0.1) is 0 Å². The van der Waals surface area contributed by atoms with Gasteiger partial charge in [0.15, 0.2) is 0 Å². The summed E-state index contributed by atoms with van der Waals surface area (Å²) < 4.78 is 0. The quantitative estimate of drug-likeness (QED) is 0.639. The number of hydrogen-bond acceptors (Lipinski definition) is 5. The molecule has 2 heterocycles. The molecule has 7 nitrogen and oxygen atoms in total. The molecule has 0 spiro atoms. The second-order valence-electron chi connectivity index (χ2n) is 5.25. The molecule has 0 saturated carbocycles. The van der Waals surface area contributed by atoms with Crippen LogP contribution in [0, 0.1) is 10.1 Å². The molecule has 0 N–H and O–H groups in total. The first-order valence-electron chi connectivity index (χ1n) is 7.35. The second kappa shape index (κ2) is 6.43. The molecule has 0 unspecified atom stereocenters. The second-order valence-corrected chi connectivity index (χ2v) is 5.25. The third-order valence-electron chi connectivity index (χ3n) is 3.85. The van der Waals surface area contributed by atoms with Gasteiger partial charge in [-0.2, -0.15) is 0 Å². The van der Waals surface area contributed by atoms with Crippen LogP contribution >= 0.6 is 0 Å². The van der Waals surface area contributed by atoms with Crippen molar-refractivity contribution >= 4 is 17.4 Å². The summed E-state index contributed by atoms with van der Waals surface area (Å²) in [5.74, 6) is 0.352. The monoisotopic (exact) mass is 312 g/mol. The largest absolute Gasteiger partial charge is 0.347 e. The van der Waals surface area contributed by atoms with E-state index >= 15 is 0 Å². The van der Waals surface area contributed by atoms with Gasteiger partial charge in [-0.3, -0.25) is 14.9 Å². The Balaban J connectivity index is 1.70. The summed E-state index contributed by atoms with van der Waals surface area (Å²) in [6, 6.07) is 12.1. The van der Waals surface area contributed by atoms with E-state index in [2.05, 4.69) is 4.98 Å². The highest BCUT2D eigenvalue weighted by atomic mass is 16.6. The summed E-state index contributed by atoms with van der Waals surface area (Å²) >= 11 is 0. The van der Waals surface area contributed by atoms with Crippen LogP contribution in [0.15, 0.2) is 48.7 Å². The fourth-order valence-corrected chi connectivity index (χ4v) is 2.66. The lowest BCUT2D eigenvalue weighted by atomic mass is 10.2. The van der Waals surface area contributed by atoms with Crippen molar-refractivity contribution in [3.05, 3.63) is 64.3 Å². The van der Waals surface area contributed by atoms with Crippen LogP contribution in [0.2, 0.25) is 0 Å². The van der Waals surface area contributed by atoms with Gasteiger partial charge in [0.25, 0.3) is 5.91 Å². The summed E-state index contributed by atoms with van der Waals surface area (Å²) in [7, 11) is 0. The molecule has 1 aliphatic heterocycles. The summed E-state index contributed by atoms with van der Waals surface area (Å²) in [6.45, 7) is 2.08. The van der Waals surface area contributed by atoms with Crippen molar-refractivity contribution in [3.63, 3.8) is 0 Å².